The Bertz CT molecular complexity index is 784. The van der Waals surface area contributed by atoms with Crippen LogP contribution in [0.15, 0.2) is 47.7 Å². The fraction of sp³-hybridized carbons (Fsp3) is 0.565. The molecule has 2 atom stereocenters. The van der Waals surface area contributed by atoms with Crippen molar-refractivity contribution >= 4 is 29.9 Å². The predicted molar refractivity (Wildman–Crippen MR) is 134 cm³/mol. The average Bonchev–Trinajstić information content (AvgIpc) is 3.19. The van der Waals surface area contributed by atoms with Gasteiger partial charge < -0.3 is 15.4 Å². The van der Waals surface area contributed by atoms with Gasteiger partial charge in [-0.25, -0.2) is 9.67 Å². The summed E-state index contributed by atoms with van der Waals surface area (Å²) in [7, 11) is 0. The van der Waals surface area contributed by atoms with Gasteiger partial charge in [0, 0.05) is 37.4 Å². The van der Waals surface area contributed by atoms with Crippen LogP contribution in [0.4, 0.5) is 0 Å². The number of hydrogen-bond donors (Lipinski definition) is 2. The second kappa shape index (κ2) is 11.7. The molecule has 30 heavy (non-hydrogen) atoms. The van der Waals surface area contributed by atoms with Crippen molar-refractivity contribution in [3.8, 4) is 5.69 Å². The SMILES string of the molecule is CCNC(=NCc1cnn(-c2ccccc2)c1)NCC1CCCOC1C(C)(C)C.I. The largest absolute Gasteiger partial charge is 0.377 e. The highest BCUT2D eigenvalue weighted by atomic mass is 127. The van der Waals surface area contributed by atoms with E-state index in [0.717, 1.165) is 43.3 Å². The number of rotatable bonds is 6. The summed E-state index contributed by atoms with van der Waals surface area (Å²) in [6.07, 6.45) is 6.51. The van der Waals surface area contributed by atoms with Crippen molar-refractivity contribution in [3.05, 3.63) is 48.3 Å². The van der Waals surface area contributed by atoms with Crippen molar-refractivity contribution < 1.29 is 4.74 Å². The first kappa shape index (κ1) is 24.7. The lowest BCUT2D eigenvalue weighted by Crippen LogP contribution is -2.47. The fourth-order valence-corrected chi connectivity index (χ4v) is 3.91. The normalized spacial score (nSPS) is 19.8. The van der Waals surface area contributed by atoms with Gasteiger partial charge in [-0.05, 0) is 37.3 Å². The Kier molecular flexibility index (Phi) is 9.61. The van der Waals surface area contributed by atoms with Gasteiger partial charge in [0.15, 0.2) is 5.96 Å². The van der Waals surface area contributed by atoms with Crippen LogP contribution < -0.4 is 10.6 Å². The molecule has 0 saturated carbocycles. The maximum Gasteiger partial charge on any atom is 0.191 e. The summed E-state index contributed by atoms with van der Waals surface area (Å²) in [5, 5.41) is 11.3. The van der Waals surface area contributed by atoms with E-state index in [0.29, 0.717) is 12.5 Å². The summed E-state index contributed by atoms with van der Waals surface area (Å²) in [6.45, 7) is 12.0. The minimum Gasteiger partial charge on any atom is -0.377 e. The zero-order valence-electron chi connectivity index (χ0n) is 18.6. The number of hydrogen-bond acceptors (Lipinski definition) is 3. The van der Waals surface area contributed by atoms with Gasteiger partial charge in [-0.3, -0.25) is 0 Å². The molecule has 3 rings (SSSR count). The van der Waals surface area contributed by atoms with Crippen LogP contribution in [-0.4, -0.2) is 41.5 Å². The van der Waals surface area contributed by atoms with Gasteiger partial charge in [-0.15, -0.1) is 24.0 Å². The molecule has 2 N–H and O–H groups in total. The van der Waals surface area contributed by atoms with E-state index >= 15 is 0 Å². The molecular formula is C23H36IN5O. The highest BCUT2D eigenvalue weighted by Crippen LogP contribution is 2.33. The zero-order chi connectivity index (χ0) is 20.7. The molecule has 6 nitrogen and oxygen atoms in total. The van der Waals surface area contributed by atoms with Crippen LogP contribution in [0.2, 0.25) is 0 Å². The van der Waals surface area contributed by atoms with Gasteiger partial charge in [0.2, 0.25) is 0 Å². The van der Waals surface area contributed by atoms with Crippen LogP contribution in [-0.2, 0) is 11.3 Å². The van der Waals surface area contributed by atoms with Crippen LogP contribution in [0, 0.1) is 11.3 Å². The monoisotopic (exact) mass is 525 g/mol. The minimum absolute atomic E-state index is 0. The Balaban J connectivity index is 0.00000320. The van der Waals surface area contributed by atoms with Gasteiger partial charge >= 0.3 is 0 Å². The van der Waals surface area contributed by atoms with Crippen molar-refractivity contribution in [2.45, 2.75) is 53.2 Å². The maximum absolute atomic E-state index is 6.11. The molecule has 2 heterocycles. The molecule has 0 spiro atoms. The van der Waals surface area contributed by atoms with Gasteiger partial charge in [-0.1, -0.05) is 39.0 Å². The van der Waals surface area contributed by atoms with Crippen LogP contribution in [0.25, 0.3) is 5.69 Å². The summed E-state index contributed by atoms with van der Waals surface area (Å²) < 4.78 is 8.00. The number of halogens is 1. The molecule has 7 heteroatoms. The zero-order valence-corrected chi connectivity index (χ0v) is 20.9. The first-order chi connectivity index (χ1) is 14.0. The number of ether oxygens (including phenoxy) is 1. The quantitative estimate of drug-likeness (QED) is 0.334. The highest BCUT2D eigenvalue weighted by molar-refractivity contribution is 14.0. The highest BCUT2D eigenvalue weighted by Gasteiger charge is 2.35. The van der Waals surface area contributed by atoms with E-state index in [4.69, 9.17) is 9.73 Å². The summed E-state index contributed by atoms with van der Waals surface area (Å²) in [6, 6.07) is 10.1. The number of nitrogens with one attached hydrogen (secondary N) is 2. The lowest BCUT2D eigenvalue weighted by molar-refractivity contribution is -0.0835. The maximum atomic E-state index is 6.11. The number of nitrogens with zero attached hydrogens (tertiary/aromatic N) is 3. The summed E-state index contributed by atoms with van der Waals surface area (Å²) in [5.41, 5.74) is 2.28. The van der Waals surface area contributed by atoms with Crippen LogP contribution in [0.3, 0.4) is 0 Å². The molecule has 1 aromatic heterocycles. The van der Waals surface area contributed by atoms with Crippen LogP contribution >= 0.6 is 24.0 Å². The molecule has 2 unspecified atom stereocenters. The second-order valence-corrected chi connectivity index (χ2v) is 8.76. The van der Waals surface area contributed by atoms with Crippen molar-refractivity contribution in [3.63, 3.8) is 0 Å². The Labute approximate surface area is 197 Å². The Morgan fingerprint density at radius 3 is 2.70 bits per heavy atom. The van der Waals surface area contributed by atoms with Gasteiger partial charge in [0.1, 0.15) is 0 Å². The van der Waals surface area contributed by atoms with Crippen molar-refractivity contribution in [1.29, 1.82) is 0 Å². The number of aromatic nitrogens is 2. The molecule has 2 aromatic rings. The predicted octanol–water partition coefficient (Wildman–Crippen LogP) is 4.39. The third-order valence-electron chi connectivity index (χ3n) is 5.25. The molecule has 166 valence electrons. The molecule has 1 fully saturated rings. The fourth-order valence-electron chi connectivity index (χ4n) is 3.91. The van der Waals surface area contributed by atoms with Crippen molar-refractivity contribution in [1.82, 2.24) is 20.4 Å². The summed E-state index contributed by atoms with van der Waals surface area (Å²) >= 11 is 0. The molecule has 0 aliphatic carbocycles. The topological polar surface area (TPSA) is 63.5 Å². The summed E-state index contributed by atoms with van der Waals surface area (Å²) in [4.78, 5) is 4.76. The molecular weight excluding hydrogens is 489 g/mol. The van der Waals surface area contributed by atoms with Crippen molar-refractivity contribution in [2.24, 2.45) is 16.3 Å². The lowest BCUT2D eigenvalue weighted by Gasteiger charge is -2.40. The standard InChI is InChI=1S/C23H35N5O.HI/c1-5-24-22(26-16-19-10-9-13-29-21(19)23(2,3)4)25-14-18-15-27-28(17-18)20-11-7-6-8-12-20;/h6-8,11-12,15,17,19,21H,5,9-10,13-14,16H2,1-4H3,(H2,24,25,26);1H. The van der Waals surface area contributed by atoms with E-state index in [2.05, 4.69) is 43.4 Å². The molecule has 1 aliphatic rings. The Morgan fingerprint density at radius 1 is 1.23 bits per heavy atom. The molecule has 1 saturated heterocycles. The molecule has 0 bridgehead atoms. The first-order valence-corrected chi connectivity index (χ1v) is 10.7. The van der Waals surface area contributed by atoms with E-state index in [9.17, 15) is 0 Å². The Hall–Kier alpha value is -1.61. The average molecular weight is 525 g/mol. The smallest absolute Gasteiger partial charge is 0.191 e. The molecule has 0 radical (unpaired) electrons. The molecule has 1 aliphatic heterocycles. The van der Waals surface area contributed by atoms with Crippen LogP contribution in [0.5, 0.6) is 0 Å². The molecule has 0 amide bonds. The number of benzene rings is 1. The third kappa shape index (κ3) is 6.97. The number of para-hydroxylation sites is 1. The Morgan fingerprint density at radius 2 is 2.00 bits per heavy atom. The second-order valence-electron chi connectivity index (χ2n) is 8.76. The third-order valence-corrected chi connectivity index (χ3v) is 5.25. The van der Waals surface area contributed by atoms with E-state index in [1.54, 1.807) is 0 Å². The van der Waals surface area contributed by atoms with E-state index in [1.165, 1.54) is 6.42 Å². The first-order valence-electron chi connectivity index (χ1n) is 10.7. The van der Waals surface area contributed by atoms with Gasteiger partial charge in [0.05, 0.1) is 24.5 Å². The molecule has 1 aromatic carbocycles. The van der Waals surface area contributed by atoms with Crippen molar-refractivity contribution in [2.75, 3.05) is 19.7 Å². The van der Waals surface area contributed by atoms with Gasteiger partial charge in [0.25, 0.3) is 0 Å². The van der Waals surface area contributed by atoms with E-state index in [-0.39, 0.29) is 35.5 Å². The summed E-state index contributed by atoms with van der Waals surface area (Å²) in [5.74, 6) is 1.34. The van der Waals surface area contributed by atoms with E-state index in [1.807, 2.05) is 47.4 Å². The minimum atomic E-state index is 0. The lowest BCUT2D eigenvalue weighted by atomic mass is 9.78. The number of aliphatic imine (C=N–C) groups is 1. The van der Waals surface area contributed by atoms with E-state index < -0.39 is 0 Å². The van der Waals surface area contributed by atoms with Crippen LogP contribution in [0.1, 0.15) is 46.1 Å². The van der Waals surface area contributed by atoms with Gasteiger partial charge in [-0.2, -0.15) is 5.10 Å². The number of guanidine groups is 1.